The summed E-state index contributed by atoms with van der Waals surface area (Å²) in [5, 5.41) is 0. The van der Waals surface area contributed by atoms with Crippen LogP contribution in [0.4, 0.5) is 0 Å². The average Bonchev–Trinajstić information content (AvgIpc) is 2.57. The predicted molar refractivity (Wildman–Crippen MR) is 90.5 cm³/mol. The average molecular weight is 346 g/mol. The number of likely N-dealkylation sites (N-methyl/N-ethyl adjacent to an activating group) is 1. The van der Waals surface area contributed by atoms with Crippen LogP contribution in [0.3, 0.4) is 0 Å². The van der Waals surface area contributed by atoms with E-state index in [1.165, 1.54) is 4.90 Å². The topological polar surface area (TPSA) is 30.7 Å². The molecule has 1 aliphatic heterocycles. The van der Waals surface area contributed by atoms with E-state index in [0.29, 0.717) is 0 Å². The minimum atomic E-state index is -0.348. The van der Waals surface area contributed by atoms with Gasteiger partial charge in [-0.3, -0.25) is 4.79 Å². The molecule has 0 aromatic heterocycles. The van der Waals surface area contributed by atoms with Crippen molar-refractivity contribution in [3.63, 3.8) is 0 Å². The molecule has 2 aromatic rings. The number of carbonyl (C=O) groups is 1. The highest BCUT2D eigenvalue weighted by Crippen LogP contribution is 2.26. The molecule has 2 unspecified atom stereocenters. The van der Waals surface area contributed by atoms with E-state index in [-0.39, 0.29) is 30.4 Å². The number of quaternary nitrogens is 1. The molecule has 0 radical (unpaired) electrons. The number of halogens is 1. The second-order valence-corrected chi connectivity index (χ2v) is 6.37. The Morgan fingerprint density at radius 1 is 1.04 bits per heavy atom. The van der Waals surface area contributed by atoms with Gasteiger partial charge in [0.15, 0.2) is 6.10 Å². The number of hydrogen-bond acceptors (Lipinski definition) is 2. The van der Waals surface area contributed by atoms with E-state index in [0.717, 1.165) is 37.1 Å². The number of likely N-dealkylation sites (tertiary alicyclic amines) is 1. The number of nitrogens with one attached hydrogen (secondary N) is 1. The Kier molecular flexibility index (Phi) is 6.83. The smallest absolute Gasteiger partial charge is 0.318 e. The van der Waals surface area contributed by atoms with Crippen molar-refractivity contribution in [2.24, 2.45) is 0 Å². The molecule has 0 saturated carbocycles. The van der Waals surface area contributed by atoms with E-state index in [1.807, 2.05) is 60.7 Å². The summed E-state index contributed by atoms with van der Waals surface area (Å²) in [6.45, 7) is 2.07. The van der Waals surface area contributed by atoms with E-state index < -0.39 is 0 Å². The van der Waals surface area contributed by atoms with Gasteiger partial charge in [0.2, 0.25) is 0 Å². The number of piperidine rings is 1. The number of esters is 1. The Morgan fingerprint density at radius 2 is 1.58 bits per heavy atom. The minimum Gasteiger partial charge on any atom is -1.00 e. The molecule has 1 fully saturated rings. The van der Waals surface area contributed by atoms with Gasteiger partial charge in [0.1, 0.15) is 12.5 Å². The van der Waals surface area contributed by atoms with Gasteiger partial charge in [0, 0.05) is 6.42 Å². The SMILES string of the molecule is C[NH+]1CCCC(OC(=O)C(c2ccccc2)c2ccccc2)C1.[Cl-]. The molecular weight excluding hydrogens is 322 g/mol. The second kappa shape index (κ2) is 8.86. The fourth-order valence-electron chi connectivity index (χ4n) is 3.31. The zero-order valence-corrected chi connectivity index (χ0v) is 14.7. The van der Waals surface area contributed by atoms with Gasteiger partial charge in [0.05, 0.1) is 13.6 Å². The van der Waals surface area contributed by atoms with E-state index in [4.69, 9.17) is 4.74 Å². The predicted octanol–water partition coefficient (Wildman–Crippen LogP) is -0.957. The molecular formula is C20H24ClNO2. The van der Waals surface area contributed by atoms with Crippen molar-refractivity contribution in [2.75, 3.05) is 20.1 Å². The number of carbonyl (C=O) groups excluding carboxylic acids is 1. The number of hydrogen-bond donors (Lipinski definition) is 1. The van der Waals surface area contributed by atoms with Crippen molar-refractivity contribution in [3.8, 4) is 0 Å². The van der Waals surface area contributed by atoms with Gasteiger partial charge in [-0.25, -0.2) is 0 Å². The molecule has 1 saturated heterocycles. The third-order valence-corrected chi connectivity index (χ3v) is 4.49. The van der Waals surface area contributed by atoms with Crippen LogP contribution < -0.4 is 17.3 Å². The quantitative estimate of drug-likeness (QED) is 0.724. The lowest BCUT2D eigenvalue weighted by Crippen LogP contribution is -3.11. The van der Waals surface area contributed by atoms with Crippen LogP contribution >= 0.6 is 0 Å². The summed E-state index contributed by atoms with van der Waals surface area (Å²) in [6.07, 6.45) is 2.12. The normalized spacial score (nSPS) is 20.2. The molecule has 1 aliphatic rings. The highest BCUT2D eigenvalue weighted by molar-refractivity contribution is 5.82. The van der Waals surface area contributed by atoms with Crippen LogP contribution in [0.15, 0.2) is 60.7 Å². The van der Waals surface area contributed by atoms with Gasteiger partial charge >= 0.3 is 5.97 Å². The maximum atomic E-state index is 12.9. The summed E-state index contributed by atoms with van der Waals surface area (Å²) < 4.78 is 5.87. The van der Waals surface area contributed by atoms with Crippen LogP contribution in [0, 0.1) is 0 Å². The number of ether oxygens (including phenoxy) is 1. The fourth-order valence-corrected chi connectivity index (χ4v) is 3.31. The first-order valence-corrected chi connectivity index (χ1v) is 8.35. The Bertz CT molecular complexity index is 593. The monoisotopic (exact) mass is 345 g/mol. The zero-order chi connectivity index (χ0) is 16.1. The van der Waals surface area contributed by atoms with Crippen molar-refractivity contribution in [1.29, 1.82) is 0 Å². The molecule has 1 N–H and O–H groups in total. The van der Waals surface area contributed by atoms with Crippen molar-refractivity contribution < 1.29 is 26.8 Å². The van der Waals surface area contributed by atoms with Crippen LogP contribution in [0.25, 0.3) is 0 Å². The van der Waals surface area contributed by atoms with Crippen LogP contribution in [-0.4, -0.2) is 32.2 Å². The maximum absolute atomic E-state index is 12.9. The molecule has 2 aromatic carbocycles. The summed E-state index contributed by atoms with van der Waals surface area (Å²) >= 11 is 0. The molecule has 3 rings (SSSR count). The van der Waals surface area contributed by atoms with Crippen molar-refractivity contribution >= 4 is 5.97 Å². The molecule has 0 amide bonds. The van der Waals surface area contributed by atoms with Gasteiger partial charge in [-0.05, 0) is 17.5 Å². The molecule has 0 bridgehead atoms. The number of rotatable bonds is 4. The Labute approximate surface area is 150 Å². The summed E-state index contributed by atoms with van der Waals surface area (Å²) in [7, 11) is 2.16. The standard InChI is InChI=1S/C20H23NO2.ClH/c1-21-14-8-13-18(15-21)23-20(22)19(16-9-4-2-5-10-16)17-11-6-3-7-12-17;/h2-7,9-12,18-19H,8,13-15H2,1H3;1H. The van der Waals surface area contributed by atoms with Gasteiger partial charge in [-0.15, -0.1) is 0 Å². The van der Waals surface area contributed by atoms with E-state index in [9.17, 15) is 4.79 Å². The van der Waals surface area contributed by atoms with Gasteiger partial charge in [-0.2, -0.15) is 0 Å². The number of benzene rings is 2. The molecule has 2 atom stereocenters. The van der Waals surface area contributed by atoms with Gasteiger partial charge in [-0.1, -0.05) is 60.7 Å². The summed E-state index contributed by atoms with van der Waals surface area (Å²) in [5.41, 5.74) is 1.97. The first kappa shape index (κ1) is 18.5. The van der Waals surface area contributed by atoms with Crippen LogP contribution in [0.5, 0.6) is 0 Å². The molecule has 24 heavy (non-hydrogen) atoms. The highest BCUT2D eigenvalue weighted by atomic mass is 35.5. The molecule has 0 aliphatic carbocycles. The summed E-state index contributed by atoms with van der Waals surface area (Å²) in [5.74, 6) is -0.485. The first-order valence-electron chi connectivity index (χ1n) is 8.35. The van der Waals surface area contributed by atoms with Gasteiger partial charge < -0.3 is 22.0 Å². The lowest BCUT2D eigenvalue weighted by atomic mass is 9.91. The third-order valence-electron chi connectivity index (χ3n) is 4.49. The van der Waals surface area contributed by atoms with E-state index in [2.05, 4.69) is 7.05 Å². The third kappa shape index (κ3) is 4.59. The van der Waals surface area contributed by atoms with Crippen LogP contribution in [0.2, 0.25) is 0 Å². The summed E-state index contributed by atoms with van der Waals surface area (Å²) in [4.78, 5) is 14.3. The lowest BCUT2D eigenvalue weighted by molar-refractivity contribution is -0.888. The Morgan fingerprint density at radius 3 is 2.08 bits per heavy atom. The minimum absolute atomic E-state index is 0. The molecule has 1 heterocycles. The van der Waals surface area contributed by atoms with Crippen LogP contribution in [0.1, 0.15) is 29.9 Å². The largest absolute Gasteiger partial charge is 1.00 e. The molecule has 4 heteroatoms. The Hall–Kier alpha value is -1.84. The zero-order valence-electron chi connectivity index (χ0n) is 14.0. The lowest BCUT2D eigenvalue weighted by Gasteiger charge is -2.28. The second-order valence-electron chi connectivity index (χ2n) is 6.37. The highest BCUT2D eigenvalue weighted by Gasteiger charge is 2.29. The van der Waals surface area contributed by atoms with Crippen molar-refractivity contribution in [2.45, 2.75) is 24.9 Å². The van der Waals surface area contributed by atoms with Gasteiger partial charge in [0.25, 0.3) is 0 Å². The Balaban J connectivity index is 0.00000208. The first-order chi connectivity index (χ1) is 11.2. The summed E-state index contributed by atoms with van der Waals surface area (Å²) in [6, 6.07) is 19.8. The van der Waals surface area contributed by atoms with E-state index in [1.54, 1.807) is 0 Å². The molecule has 128 valence electrons. The van der Waals surface area contributed by atoms with Crippen molar-refractivity contribution in [1.82, 2.24) is 0 Å². The van der Waals surface area contributed by atoms with Crippen molar-refractivity contribution in [3.05, 3.63) is 71.8 Å². The van der Waals surface area contributed by atoms with E-state index >= 15 is 0 Å². The molecule has 3 nitrogen and oxygen atoms in total. The maximum Gasteiger partial charge on any atom is 0.318 e. The molecule has 0 spiro atoms. The van der Waals surface area contributed by atoms with Crippen LogP contribution in [-0.2, 0) is 9.53 Å². The fraction of sp³-hybridized carbons (Fsp3) is 0.350.